The molecule has 0 aliphatic heterocycles. The number of halogens is 1. The summed E-state index contributed by atoms with van der Waals surface area (Å²) in [5, 5.41) is 0. The van der Waals surface area contributed by atoms with Gasteiger partial charge in [-0.25, -0.2) is 0 Å². The number of rotatable bonds is 3. The average Bonchev–Trinajstić information content (AvgIpc) is 1.86. The molecule has 13 heavy (non-hydrogen) atoms. The fraction of sp³-hybridized carbons (Fsp3) is 0.667. The number of amides is 1. The standard InChI is InChI=1S/C6H15N.C3H5NO.ClH/c1-4-5-6(2,3)7;1-2-3(4)5;/h4-5,7H2,1-3H3;2H,1H2,(H2,4,5);1H. The predicted octanol–water partition coefficient (Wildman–Crippen LogP) is 1.60. The van der Waals surface area contributed by atoms with Gasteiger partial charge in [-0.05, 0) is 26.3 Å². The van der Waals surface area contributed by atoms with Crippen molar-refractivity contribution >= 4 is 18.3 Å². The Morgan fingerprint density at radius 1 is 1.54 bits per heavy atom. The average molecular weight is 209 g/mol. The Balaban J connectivity index is -0.000000150. The minimum Gasteiger partial charge on any atom is -0.366 e. The second-order valence-corrected chi connectivity index (χ2v) is 3.35. The molecule has 0 fully saturated rings. The van der Waals surface area contributed by atoms with Gasteiger partial charge >= 0.3 is 0 Å². The fourth-order valence-electron chi connectivity index (χ4n) is 0.644. The highest BCUT2D eigenvalue weighted by atomic mass is 35.5. The second-order valence-electron chi connectivity index (χ2n) is 3.35. The third-order valence-electron chi connectivity index (χ3n) is 1.10. The minimum absolute atomic E-state index is 0. The maximum Gasteiger partial charge on any atom is 0.240 e. The van der Waals surface area contributed by atoms with Gasteiger partial charge in [-0.15, -0.1) is 12.4 Å². The van der Waals surface area contributed by atoms with Gasteiger partial charge in [0.1, 0.15) is 0 Å². The molecule has 0 saturated heterocycles. The molecule has 80 valence electrons. The van der Waals surface area contributed by atoms with Gasteiger partial charge in [0.15, 0.2) is 0 Å². The van der Waals surface area contributed by atoms with Gasteiger partial charge in [-0.1, -0.05) is 19.9 Å². The van der Waals surface area contributed by atoms with Crippen LogP contribution in [0.1, 0.15) is 33.6 Å². The third-order valence-corrected chi connectivity index (χ3v) is 1.10. The van der Waals surface area contributed by atoms with Crippen LogP contribution in [0.5, 0.6) is 0 Å². The van der Waals surface area contributed by atoms with Gasteiger partial charge in [0.2, 0.25) is 5.91 Å². The number of hydrogen-bond donors (Lipinski definition) is 2. The van der Waals surface area contributed by atoms with Crippen LogP contribution in [0.4, 0.5) is 0 Å². The summed E-state index contributed by atoms with van der Waals surface area (Å²) in [7, 11) is 0. The van der Waals surface area contributed by atoms with E-state index in [-0.39, 0.29) is 17.9 Å². The van der Waals surface area contributed by atoms with Crippen LogP contribution in [0, 0.1) is 0 Å². The van der Waals surface area contributed by atoms with Gasteiger partial charge in [0.25, 0.3) is 0 Å². The first-order valence-electron chi connectivity index (χ1n) is 4.04. The number of nitrogens with two attached hydrogens (primary N) is 2. The summed E-state index contributed by atoms with van der Waals surface area (Å²) in [5.41, 5.74) is 10.2. The third kappa shape index (κ3) is 34.4. The summed E-state index contributed by atoms with van der Waals surface area (Å²) in [6, 6.07) is 0. The first kappa shape index (κ1) is 18.3. The van der Waals surface area contributed by atoms with Crippen LogP contribution < -0.4 is 11.5 Å². The summed E-state index contributed by atoms with van der Waals surface area (Å²) in [6.07, 6.45) is 3.36. The molecule has 0 aromatic rings. The van der Waals surface area contributed by atoms with E-state index in [1.54, 1.807) is 0 Å². The smallest absolute Gasteiger partial charge is 0.240 e. The van der Waals surface area contributed by atoms with Crippen molar-refractivity contribution in [2.45, 2.75) is 39.2 Å². The summed E-state index contributed by atoms with van der Waals surface area (Å²) in [6.45, 7) is 9.34. The quantitative estimate of drug-likeness (QED) is 0.692. The summed E-state index contributed by atoms with van der Waals surface area (Å²) >= 11 is 0. The molecule has 3 nitrogen and oxygen atoms in total. The monoisotopic (exact) mass is 208 g/mol. The van der Waals surface area contributed by atoms with Gasteiger partial charge in [0.05, 0.1) is 0 Å². The molecule has 0 bridgehead atoms. The first-order chi connectivity index (χ1) is 5.33. The van der Waals surface area contributed by atoms with E-state index in [9.17, 15) is 4.79 Å². The van der Waals surface area contributed by atoms with E-state index in [1.807, 2.05) is 0 Å². The second kappa shape index (κ2) is 9.55. The lowest BCUT2D eigenvalue weighted by atomic mass is 10.0. The van der Waals surface area contributed by atoms with Crippen molar-refractivity contribution < 1.29 is 4.79 Å². The molecule has 0 spiro atoms. The number of primary amides is 1. The molecule has 0 unspecified atom stereocenters. The Hall–Kier alpha value is -0.540. The van der Waals surface area contributed by atoms with Gasteiger partial charge in [-0.3, -0.25) is 4.79 Å². The van der Waals surface area contributed by atoms with E-state index < -0.39 is 5.91 Å². The summed E-state index contributed by atoms with van der Waals surface area (Å²) in [5.74, 6) is -0.481. The highest BCUT2D eigenvalue weighted by Crippen LogP contribution is 2.04. The van der Waals surface area contributed by atoms with Crippen LogP contribution in [-0.2, 0) is 4.79 Å². The predicted molar refractivity (Wildman–Crippen MR) is 59.8 cm³/mol. The zero-order valence-electron chi connectivity index (χ0n) is 8.67. The van der Waals surface area contributed by atoms with Crippen LogP contribution in [0.3, 0.4) is 0 Å². The molecule has 0 aromatic heterocycles. The van der Waals surface area contributed by atoms with Crippen LogP contribution in [-0.4, -0.2) is 11.4 Å². The van der Waals surface area contributed by atoms with Crippen LogP contribution >= 0.6 is 12.4 Å². The van der Waals surface area contributed by atoms with Crippen molar-refractivity contribution in [3.05, 3.63) is 12.7 Å². The van der Waals surface area contributed by atoms with E-state index in [4.69, 9.17) is 5.73 Å². The Bertz CT molecular complexity index is 141. The van der Waals surface area contributed by atoms with E-state index in [0.29, 0.717) is 0 Å². The first-order valence-corrected chi connectivity index (χ1v) is 4.04. The fourth-order valence-corrected chi connectivity index (χ4v) is 0.644. The van der Waals surface area contributed by atoms with Crippen molar-refractivity contribution in [2.24, 2.45) is 11.5 Å². The Morgan fingerprint density at radius 3 is 1.85 bits per heavy atom. The molecule has 0 heterocycles. The lowest BCUT2D eigenvalue weighted by Crippen LogP contribution is -2.31. The molecule has 4 N–H and O–H groups in total. The number of carbonyl (C=O) groups is 1. The zero-order chi connectivity index (χ0) is 10.2. The zero-order valence-corrected chi connectivity index (χ0v) is 9.49. The Kier molecular flexibility index (Phi) is 13.4. The maximum atomic E-state index is 9.47. The molecule has 0 aromatic carbocycles. The van der Waals surface area contributed by atoms with Gasteiger partial charge < -0.3 is 11.5 Å². The van der Waals surface area contributed by atoms with Crippen LogP contribution in [0.2, 0.25) is 0 Å². The normalized spacial score (nSPS) is 8.92. The van der Waals surface area contributed by atoms with E-state index >= 15 is 0 Å². The molecule has 0 aliphatic rings. The highest BCUT2D eigenvalue weighted by molar-refractivity contribution is 5.85. The molecule has 0 rings (SSSR count). The van der Waals surface area contributed by atoms with Gasteiger partial charge in [0, 0.05) is 5.54 Å². The molecule has 1 amide bonds. The van der Waals surface area contributed by atoms with Crippen LogP contribution in [0.25, 0.3) is 0 Å². The number of hydrogen-bond acceptors (Lipinski definition) is 2. The van der Waals surface area contributed by atoms with E-state index in [2.05, 4.69) is 33.1 Å². The lowest BCUT2D eigenvalue weighted by Gasteiger charge is -2.15. The van der Waals surface area contributed by atoms with Crippen molar-refractivity contribution in [3.8, 4) is 0 Å². The molecule has 0 atom stereocenters. The van der Waals surface area contributed by atoms with Gasteiger partial charge in [-0.2, -0.15) is 0 Å². The molecule has 4 heteroatoms. The Labute approximate surface area is 87.0 Å². The summed E-state index contributed by atoms with van der Waals surface area (Å²) < 4.78 is 0. The van der Waals surface area contributed by atoms with E-state index in [1.165, 1.54) is 6.42 Å². The van der Waals surface area contributed by atoms with Crippen LogP contribution in [0.15, 0.2) is 12.7 Å². The summed E-state index contributed by atoms with van der Waals surface area (Å²) in [4.78, 5) is 9.47. The minimum atomic E-state index is -0.481. The number of carbonyl (C=O) groups excluding carboxylic acids is 1. The highest BCUT2D eigenvalue weighted by Gasteiger charge is 2.06. The molecule has 0 aliphatic carbocycles. The molecule has 0 saturated carbocycles. The van der Waals surface area contributed by atoms with Crippen molar-refractivity contribution in [1.29, 1.82) is 0 Å². The molecular weight excluding hydrogens is 188 g/mol. The van der Waals surface area contributed by atoms with E-state index in [0.717, 1.165) is 12.5 Å². The maximum absolute atomic E-state index is 9.47. The topological polar surface area (TPSA) is 69.1 Å². The van der Waals surface area contributed by atoms with Crippen molar-refractivity contribution in [1.82, 2.24) is 0 Å². The molecule has 0 radical (unpaired) electrons. The lowest BCUT2D eigenvalue weighted by molar-refractivity contribution is -0.113. The van der Waals surface area contributed by atoms with Crippen molar-refractivity contribution in [3.63, 3.8) is 0 Å². The Morgan fingerprint density at radius 2 is 1.85 bits per heavy atom. The molecular formula is C9H21ClN2O. The SMILES string of the molecule is C=CC(N)=O.CCCC(C)(C)N.Cl. The van der Waals surface area contributed by atoms with Crippen molar-refractivity contribution in [2.75, 3.05) is 0 Å². The largest absolute Gasteiger partial charge is 0.366 e.